The van der Waals surface area contributed by atoms with Crippen molar-refractivity contribution in [1.29, 1.82) is 0 Å². The molecule has 0 N–H and O–H groups in total. The minimum absolute atomic E-state index is 0.0183. The number of halogens is 1. The molecule has 0 amide bonds. The summed E-state index contributed by atoms with van der Waals surface area (Å²) < 4.78 is 6.50. The molecule has 0 aliphatic rings. The fourth-order valence-corrected chi connectivity index (χ4v) is 2.40. The van der Waals surface area contributed by atoms with Crippen molar-refractivity contribution < 1.29 is 9.45 Å². The van der Waals surface area contributed by atoms with Gasteiger partial charge in [0.25, 0.3) is 5.89 Å². The van der Waals surface area contributed by atoms with Crippen LogP contribution in [0.3, 0.4) is 0 Å². The molecular formula is C13H10ClN5O3. The van der Waals surface area contributed by atoms with E-state index in [1.807, 2.05) is 0 Å². The average molecular weight is 320 g/mol. The minimum Gasteiger partial charge on any atom is -0.332 e. The third kappa shape index (κ3) is 2.23. The van der Waals surface area contributed by atoms with Gasteiger partial charge in [-0.15, -0.1) is 0 Å². The molecule has 0 spiro atoms. The summed E-state index contributed by atoms with van der Waals surface area (Å²) in [5.41, 5.74) is 0.867. The molecular weight excluding hydrogens is 310 g/mol. The van der Waals surface area contributed by atoms with Gasteiger partial charge >= 0.3 is 5.69 Å². The summed E-state index contributed by atoms with van der Waals surface area (Å²) in [6.07, 6.45) is 0. The van der Waals surface area contributed by atoms with Crippen LogP contribution >= 0.6 is 11.6 Å². The summed E-state index contributed by atoms with van der Waals surface area (Å²) >= 11 is 6.08. The van der Waals surface area contributed by atoms with Gasteiger partial charge in [-0.05, 0) is 19.1 Å². The van der Waals surface area contributed by atoms with E-state index >= 15 is 0 Å². The molecule has 3 aromatic rings. The van der Waals surface area contributed by atoms with Gasteiger partial charge in [0.05, 0.1) is 9.95 Å². The van der Waals surface area contributed by atoms with Crippen molar-refractivity contribution in [3.05, 3.63) is 45.1 Å². The summed E-state index contributed by atoms with van der Waals surface area (Å²) in [5.74, 6) is 0.276. The molecule has 9 heteroatoms. The Morgan fingerprint density at radius 2 is 2.09 bits per heavy atom. The zero-order valence-electron chi connectivity index (χ0n) is 11.6. The zero-order valence-corrected chi connectivity index (χ0v) is 12.4. The van der Waals surface area contributed by atoms with E-state index in [1.54, 1.807) is 38.2 Å². The first-order valence-electron chi connectivity index (χ1n) is 6.26. The van der Waals surface area contributed by atoms with Crippen LogP contribution in [0, 0.1) is 17.0 Å². The molecule has 0 aliphatic heterocycles. The van der Waals surface area contributed by atoms with Gasteiger partial charge in [-0.3, -0.25) is 14.8 Å². The van der Waals surface area contributed by atoms with Gasteiger partial charge in [-0.1, -0.05) is 28.9 Å². The van der Waals surface area contributed by atoms with E-state index in [0.29, 0.717) is 10.6 Å². The first-order chi connectivity index (χ1) is 10.5. The highest BCUT2D eigenvalue weighted by Crippen LogP contribution is 2.33. The topological polar surface area (TPSA) is 99.9 Å². The predicted octanol–water partition coefficient (Wildman–Crippen LogP) is 3.01. The molecule has 1 aromatic carbocycles. The van der Waals surface area contributed by atoms with Gasteiger partial charge < -0.3 is 4.52 Å². The van der Waals surface area contributed by atoms with Crippen molar-refractivity contribution in [1.82, 2.24) is 19.9 Å². The molecule has 0 atom stereocenters. The van der Waals surface area contributed by atoms with Gasteiger partial charge in [-0.25, -0.2) is 0 Å². The van der Waals surface area contributed by atoms with E-state index < -0.39 is 4.92 Å². The third-order valence-electron chi connectivity index (χ3n) is 3.12. The molecule has 2 heterocycles. The molecule has 0 fully saturated rings. The molecule has 0 unspecified atom stereocenters. The van der Waals surface area contributed by atoms with Crippen LogP contribution in [0.15, 0.2) is 28.8 Å². The summed E-state index contributed by atoms with van der Waals surface area (Å²) in [6.45, 7) is 1.55. The van der Waals surface area contributed by atoms with Crippen molar-refractivity contribution in [2.24, 2.45) is 7.05 Å². The fourth-order valence-electron chi connectivity index (χ4n) is 2.18. The Hall–Kier alpha value is -2.74. The van der Waals surface area contributed by atoms with E-state index in [0.717, 1.165) is 0 Å². The number of hydrogen-bond acceptors (Lipinski definition) is 6. The van der Waals surface area contributed by atoms with E-state index in [2.05, 4.69) is 15.2 Å². The number of rotatable bonds is 3. The molecule has 0 saturated carbocycles. The quantitative estimate of drug-likeness (QED) is 0.543. The molecule has 0 saturated heterocycles. The van der Waals surface area contributed by atoms with Crippen molar-refractivity contribution in [2.45, 2.75) is 6.92 Å². The Bertz CT molecular complexity index is 870. The van der Waals surface area contributed by atoms with Gasteiger partial charge in [-0.2, -0.15) is 10.1 Å². The van der Waals surface area contributed by atoms with Crippen molar-refractivity contribution in [3.63, 3.8) is 0 Å². The lowest BCUT2D eigenvalue weighted by molar-refractivity contribution is -0.384. The molecule has 22 heavy (non-hydrogen) atoms. The molecule has 0 aliphatic carbocycles. The lowest BCUT2D eigenvalue weighted by atomic mass is 10.2. The number of hydrogen-bond donors (Lipinski definition) is 0. The molecule has 0 bridgehead atoms. The first-order valence-corrected chi connectivity index (χ1v) is 6.63. The summed E-state index contributed by atoms with van der Waals surface area (Å²) in [6, 6.07) is 7.00. The number of nitro groups is 1. The summed E-state index contributed by atoms with van der Waals surface area (Å²) in [5, 5.41) is 19.5. The second-order valence-electron chi connectivity index (χ2n) is 4.57. The maximum absolute atomic E-state index is 11.2. The maximum Gasteiger partial charge on any atom is 0.322 e. The van der Waals surface area contributed by atoms with E-state index in [1.165, 1.54) is 4.68 Å². The van der Waals surface area contributed by atoms with Crippen LogP contribution < -0.4 is 0 Å². The maximum atomic E-state index is 11.2. The number of nitrogens with zero attached hydrogens (tertiary/aromatic N) is 5. The van der Waals surface area contributed by atoms with Gasteiger partial charge in [0.15, 0.2) is 0 Å². The Morgan fingerprint density at radius 3 is 2.77 bits per heavy atom. The van der Waals surface area contributed by atoms with Gasteiger partial charge in [0, 0.05) is 12.6 Å². The van der Waals surface area contributed by atoms with Crippen LogP contribution in [0.1, 0.15) is 5.69 Å². The highest BCUT2D eigenvalue weighted by Gasteiger charge is 2.29. The number of aromatic nitrogens is 4. The van der Waals surface area contributed by atoms with E-state index in [9.17, 15) is 10.1 Å². The molecule has 8 nitrogen and oxygen atoms in total. The lowest BCUT2D eigenvalue weighted by Crippen LogP contribution is -1.96. The smallest absolute Gasteiger partial charge is 0.322 e. The number of benzene rings is 1. The number of aryl methyl sites for hydroxylation is 2. The second kappa shape index (κ2) is 5.23. The average Bonchev–Trinajstić information content (AvgIpc) is 3.03. The second-order valence-corrected chi connectivity index (χ2v) is 4.97. The first kappa shape index (κ1) is 14.2. The largest absolute Gasteiger partial charge is 0.332 e. The van der Waals surface area contributed by atoms with Gasteiger partial charge in [0.1, 0.15) is 5.69 Å². The molecule has 3 rings (SSSR count). The van der Waals surface area contributed by atoms with Crippen LogP contribution in [0.25, 0.3) is 23.0 Å². The molecule has 112 valence electrons. The van der Waals surface area contributed by atoms with Crippen LogP contribution in [0.4, 0.5) is 5.69 Å². The highest BCUT2D eigenvalue weighted by atomic mass is 35.5. The van der Waals surface area contributed by atoms with Crippen LogP contribution in [0.2, 0.25) is 5.02 Å². The monoisotopic (exact) mass is 319 g/mol. The molecule has 2 aromatic heterocycles. The molecule has 0 radical (unpaired) electrons. The Kier molecular flexibility index (Phi) is 3.38. The van der Waals surface area contributed by atoms with Crippen molar-refractivity contribution in [3.8, 4) is 23.0 Å². The summed E-state index contributed by atoms with van der Waals surface area (Å²) in [4.78, 5) is 14.9. The van der Waals surface area contributed by atoms with E-state index in [-0.39, 0.29) is 28.8 Å². The zero-order chi connectivity index (χ0) is 15.9. The van der Waals surface area contributed by atoms with E-state index in [4.69, 9.17) is 16.1 Å². The Balaban J connectivity index is 2.13. The third-order valence-corrected chi connectivity index (χ3v) is 3.45. The van der Waals surface area contributed by atoms with Crippen LogP contribution in [0.5, 0.6) is 0 Å². The Labute approximate surface area is 129 Å². The van der Waals surface area contributed by atoms with Crippen molar-refractivity contribution >= 4 is 17.3 Å². The standard InChI is InChI=1S/C13H10ClN5O3/c1-7-10(19(20)21)11(18(2)16-7)13-15-12(17-22-13)8-5-3-4-6-9(8)14/h3-6H,1-2H3. The lowest BCUT2D eigenvalue weighted by Gasteiger charge is -1.96. The van der Waals surface area contributed by atoms with Crippen molar-refractivity contribution in [2.75, 3.05) is 0 Å². The van der Waals surface area contributed by atoms with Crippen LogP contribution in [-0.2, 0) is 7.05 Å². The Morgan fingerprint density at radius 1 is 1.36 bits per heavy atom. The van der Waals surface area contributed by atoms with Gasteiger partial charge in [0.2, 0.25) is 11.5 Å². The minimum atomic E-state index is -0.517. The highest BCUT2D eigenvalue weighted by molar-refractivity contribution is 6.33. The predicted molar refractivity (Wildman–Crippen MR) is 78.3 cm³/mol. The normalized spacial score (nSPS) is 10.9. The summed E-state index contributed by atoms with van der Waals surface area (Å²) in [7, 11) is 1.58. The SMILES string of the molecule is Cc1nn(C)c(-c2nc(-c3ccccc3Cl)no2)c1[N+](=O)[O-]. The fraction of sp³-hybridized carbons (Fsp3) is 0.154. The van der Waals surface area contributed by atoms with Crippen LogP contribution in [-0.4, -0.2) is 24.8 Å².